The van der Waals surface area contributed by atoms with Crippen molar-refractivity contribution in [1.29, 1.82) is 0 Å². The molecule has 0 bridgehead atoms. The lowest BCUT2D eigenvalue weighted by molar-refractivity contribution is -0.157. The van der Waals surface area contributed by atoms with Crippen LogP contribution in [0.3, 0.4) is 0 Å². The van der Waals surface area contributed by atoms with Crippen molar-refractivity contribution in [2.75, 3.05) is 0 Å². The highest BCUT2D eigenvalue weighted by molar-refractivity contribution is 7.10. The van der Waals surface area contributed by atoms with Crippen LogP contribution in [0, 0.1) is 6.92 Å². The standard InChI is InChI=1S/C18H20N2OS/c1-12-9-10-22-18(12)16-11-17(19)21-20(16)15-8-4-6-13-5-2-3-7-14(13)15/h2-3,5,7,9-11,15-16H,4,6,8,19H2,1H3. The maximum absolute atomic E-state index is 6.00. The van der Waals surface area contributed by atoms with Gasteiger partial charge in [0.15, 0.2) is 0 Å². The molecule has 1 aromatic heterocycles. The molecule has 2 aliphatic rings. The number of hydrogen-bond acceptors (Lipinski definition) is 4. The molecule has 2 unspecified atom stereocenters. The Morgan fingerprint density at radius 1 is 1.27 bits per heavy atom. The van der Waals surface area contributed by atoms with Crippen molar-refractivity contribution in [3.63, 3.8) is 0 Å². The molecule has 114 valence electrons. The van der Waals surface area contributed by atoms with Gasteiger partial charge in [0.2, 0.25) is 5.88 Å². The van der Waals surface area contributed by atoms with Gasteiger partial charge in [-0.3, -0.25) is 0 Å². The van der Waals surface area contributed by atoms with Crippen molar-refractivity contribution in [1.82, 2.24) is 5.06 Å². The van der Waals surface area contributed by atoms with E-state index in [9.17, 15) is 0 Å². The monoisotopic (exact) mass is 312 g/mol. The zero-order chi connectivity index (χ0) is 15.1. The normalized spacial score (nSPS) is 24.7. The van der Waals surface area contributed by atoms with Gasteiger partial charge in [0.05, 0.1) is 6.04 Å². The van der Waals surface area contributed by atoms with E-state index in [2.05, 4.69) is 47.7 Å². The Labute approximate surface area is 135 Å². The topological polar surface area (TPSA) is 38.5 Å². The number of nitrogens with zero attached hydrogens (tertiary/aromatic N) is 1. The fourth-order valence-corrected chi connectivity index (χ4v) is 4.55. The van der Waals surface area contributed by atoms with E-state index in [1.165, 1.54) is 28.0 Å². The summed E-state index contributed by atoms with van der Waals surface area (Å²) in [5, 5.41) is 4.24. The molecule has 0 saturated carbocycles. The van der Waals surface area contributed by atoms with Gasteiger partial charge in [-0.1, -0.05) is 24.3 Å². The minimum absolute atomic E-state index is 0.121. The molecule has 4 heteroatoms. The van der Waals surface area contributed by atoms with Crippen molar-refractivity contribution in [2.45, 2.75) is 38.3 Å². The van der Waals surface area contributed by atoms with Crippen LogP contribution in [0.2, 0.25) is 0 Å². The van der Waals surface area contributed by atoms with Crippen LogP contribution in [-0.4, -0.2) is 5.06 Å². The molecule has 22 heavy (non-hydrogen) atoms. The van der Waals surface area contributed by atoms with E-state index in [1.807, 2.05) is 6.08 Å². The molecule has 0 radical (unpaired) electrons. The van der Waals surface area contributed by atoms with Gasteiger partial charge < -0.3 is 10.6 Å². The smallest absolute Gasteiger partial charge is 0.207 e. The molecule has 2 N–H and O–H groups in total. The molecule has 1 aliphatic carbocycles. The second-order valence-electron chi connectivity index (χ2n) is 6.04. The number of fused-ring (bicyclic) bond motifs is 1. The average Bonchev–Trinajstić information content (AvgIpc) is 3.12. The molecule has 2 atom stereocenters. The number of nitrogens with two attached hydrogens (primary N) is 1. The minimum Gasteiger partial charge on any atom is -0.387 e. The fourth-order valence-electron chi connectivity index (χ4n) is 3.57. The number of hydrogen-bond donors (Lipinski definition) is 1. The SMILES string of the molecule is Cc1ccsc1C1C=C(N)ON1C1CCCc2ccccc21. The first-order chi connectivity index (χ1) is 10.7. The van der Waals surface area contributed by atoms with E-state index in [1.54, 1.807) is 11.3 Å². The second-order valence-corrected chi connectivity index (χ2v) is 6.99. The quantitative estimate of drug-likeness (QED) is 0.902. The second kappa shape index (κ2) is 5.45. The van der Waals surface area contributed by atoms with Gasteiger partial charge in [-0.05, 0) is 54.3 Å². The molecule has 2 aromatic rings. The maximum Gasteiger partial charge on any atom is 0.207 e. The van der Waals surface area contributed by atoms with Crippen LogP contribution in [0.15, 0.2) is 47.7 Å². The summed E-state index contributed by atoms with van der Waals surface area (Å²) < 4.78 is 0. The molecule has 0 amide bonds. The highest BCUT2D eigenvalue weighted by Gasteiger charge is 2.37. The van der Waals surface area contributed by atoms with Gasteiger partial charge in [0.1, 0.15) is 6.04 Å². The maximum atomic E-state index is 6.00. The summed E-state index contributed by atoms with van der Waals surface area (Å²) in [4.78, 5) is 7.25. The van der Waals surface area contributed by atoms with Crippen LogP contribution >= 0.6 is 11.3 Å². The van der Waals surface area contributed by atoms with E-state index in [0.29, 0.717) is 5.88 Å². The van der Waals surface area contributed by atoms with Crippen LogP contribution in [0.5, 0.6) is 0 Å². The van der Waals surface area contributed by atoms with Crippen molar-refractivity contribution in [2.24, 2.45) is 5.73 Å². The van der Waals surface area contributed by atoms with E-state index in [-0.39, 0.29) is 12.1 Å². The summed E-state index contributed by atoms with van der Waals surface area (Å²) in [6.07, 6.45) is 5.50. The van der Waals surface area contributed by atoms with Crippen LogP contribution in [-0.2, 0) is 11.3 Å². The molecular formula is C18H20N2OS. The van der Waals surface area contributed by atoms with Gasteiger partial charge in [0, 0.05) is 11.0 Å². The Balaban J connectivity index is 1.72. The molecule has 4 rings (SSSR count). The third kappa shape index (κ3) is 2.23. The van der Waals surface area contributed by atoms with Gasteiger partial charge in [-0.25, -0.2) is 0 Å². The Morgan fingerprint density at radius 3 is 2.95 bits per heavy atom. The van der Waals surface area contributed by atoms with E-state index in [4.69, 9.17) is 10.6 Å². The molecule has 1 aromatic carbocycles. The number of thiophene rings is 1. The highest BCUT2D eigenvalue weighted by atomic mass is 32.1. The Morgan fingerprint density at radius 2 is 2.14 bits per heavy atom. The lowest BCUT2D eigenvalue weighted by Crippen LogP contribution is -2.31. The summed E-state index contributed by atoms with van der Waals surface area (Å²) in [5.74, 6) is 0.515. The van der Waals surface area contributed by atoms with Gasteiger partial charge in [0.25, 0.3) is 0 Å². The number of rotatable bonds is 2. The summed E-state index contributed by atoms with van der Waals surface area (Å²) in [5.41, 5.74) is 10.1. The van der Waals surface area contributed by atoms with E-state index < -0.39 is 0 Å². The average molecular weight is 312 g/mol. The Kier molecular flexibility index (Phi) is 3.43. The number of benzene rings is 1. The zero-order valence-corrected chi connectivity index (χ0v) is 13.5. The van der Waals surface area contributed by atoms with E-state index >= 15 is 0 Å². The van der Waals surface area contributed by atoms with Crippen molar-refractivity contribution in [3.8, 4) is 0 Å². The van der Waals surface area contributed by atoms with Gasteiger partial charge >= 0.3 is 0 Å². The molecule has 2 heterocycles. The number of aryl methyl sites for hydroxylation is 2. The van der Waals surface area contributed by atoms with Gasteiger partial charge in [-0.2, -0.15) is 0 Å². The third-order valence-corrected chi connectivity index (χ3v) is 5.71. The largest absolute Gasteiger partial charge is 0.387 e. The van der Waals surface area contributed by atoms with Crippen LogP contribution in [0.4, 0.5) is 0 Å². The first-order valence-electron chi connectivity index (χ1n) is 7.79. The molecule has 1 aliphatic heterocycles. The molecule has 0 fully saturated rings. The van der Waals surface area contributed by atoms with Crippen LogP contribution < -0.4 is 5.73 Å². The lowest BCUT2D eigenvalue weighted by Gasteiger charge is -2.35. The lowest BCUT2D eigenvalue weighted by atomic mass is 9.87. The summed E-state index contributed by atoms with van der Waals surface area (Å²) in [7, 11) is 0. The first kappa shape index (κ1) is 13.9. The Bertz CT molecular complexity index is 721. The molecular weight excluding hydrogens is 292 g/mol. The summed E-state index contributed by atoms with van der Waals surface area (Å²) in [6, 6.07) is 11.3. The predicted octanol–water partition coefficient (Wildman–Crippen LogP) is 4.22. The first-order valence-corrected chi connectivity index (χ1v) is 8.67. The van der Waals surface area contributed by atoms with Crippen LogP contribution in [0.1, 0.15) is 46.5 Å². The minimum atomic E-state index is 0.121. The van der Waals surface area contributed by atoms with Crippen molar-refractivity contribution in [3.05, 3.63) is 69.2 Å². The molecule has 3 nitrogen and oxygen atoms in total. The van der Waals surface area contributed by atoms with Crippen LogP contribution in [0.25, 0.3) is 0 Å². The van der Waals surface area contributed by atoms with Crippen molar-refractivity contribution < 1.29 is 4.84 Å². The summed E-state index contributed by atoms with van der Waals surface area (Å²) in [6.45, 7) is 2.15. The van der Waals surface area contributed by atoms with E-state index in [0.717, 1.165) is 12.8 Å². The molecule has 0 spiro atoms. The van der Waals surface area contributed by atoms with Gasteiger partial charge in [-0.15, -0.1) is 16.4 Å². The number of hydroxylamine groups is 2. The zero-order valence-electron chi connectivity index (χ0n) is 12.7. The van der Waals surface area contributed by atoms with Crippen molar-refractivity contribution >= 4 is 11.3 Å². The third-order valence-electron chi connectivity index (χ3n) is 4.62. The summed E-state index contributed by atoms with van der Waals surface area (Å²) >= 11 is 1.78. The highest BCUT2D eigenvalue weighted by Crippen LogP contribution is 2.44. The Hall–Kier alpha value is -1.78. The predicted molar refractivity (Wildman–Crippen MR) is 89.1 cm³/mol. The fraction of sp³-hybridized carbons (Fsp3) is 0.333. The molecule has 0 saturated heterocycles.